The van der Waals surface area contributed by atoms with E-state index in [1.54, 1.807) is 13.2 Å². The second-order valence-corrected chi connectivity index (χ2v) is 4.58. The van der Waals surface area contributed by atoms with Gasteiger partial charge in [0.15, 0.2) is 0 Å². The summed E-state index contributed by atoms with van der Waals surface area (Å²) in [6.45, 7) is 2.89. The van der Waals surface area contributed by atoms with E-state index in [1.807, 2.05) is 49.4 Å². The van der Waals surface area contributed by atoms with Crippen molar-refractivity contribution < 1.29 is 14.3 Å². The van der Waals surface area contributed by atoms with Gasteiger partial charge in [0, 0.05) is 23.9 Å². The lowest BCUT2D eigenvalue weighted by atomic mass is 10.2. The van der Waals surface area contributed by atoms with Crippen LogP contribution in [0.1, 0.15) is 12.5 Å². The Balaban J connectivity index is 1.91. The molecule has 2 amide bonds. The number of benzene rings is 2. The van der Waals surface area contributed by atoms with Gasteiger partial charge < -0.3 is 20.1 Å². The summed E-state index contributed by atoms with van der Waals surface area (Å²) in [5, 5.41) is 5.58. The molecule has 0 radical (unpaired) electrons. The summed E-state index contributed by atoms with van der Waals surface area (Å²) < 4.78 is 10.6. The van der Waals surface area contributed by atoms with Crippen LogP contribution < -0.4 is 20.1 Å². The van der Waals surface area contributed by atoms with E-state index in [2.05, 4.69) is 10.6 Å². The van der Waals surface area contributed by atoms with Crippen LogP contribution in [-0.2, 0) is 6.54 Å². The molecule has 0 aliphatic heterocycles. The molecule has 116 valence electrons. The first-order valence-corrected chi connectivity index (χ1v) is 7.12. The molecule has 0 saturated carbocycles. The van der Waals surface area contributed by atoms with Gasteiger partial charge >= 0.3 is 6.03 Å². The fourth-order valence-corrected chi connectivity index (χ4v) is 2.03. The predicted octanol–water partition coefficient (Wildman–Crippen LogP) is 3.42. The SMILES string of the molecule is CCOc1cccc(NC(=O)NCc2ccccc2OC)c1. The van der Waals surface area contributed by atoms with Gasteiger partial charge in [-0.2, -0.15) is 0 Å². The summed E-state index contributed by atoms with van der Waals surface area (Å²) in [4.78, 5) is 12.0. The Kier molecular flexibility index (Phi) is 5.65. The van der Waals surface area contributed by atoms with Gasteiger partial charge in [-0.1, -0.05) is 24.3 Å². The van der Waals surface area contributed by atoms with Gasteiger partial charge in [-0.15, -0.1) is 0 Å². The van der Waals surface area contributed by atoms with E-state index in [0.717, 1.165) is 17.1 Å². The highest BCUT2D eigenvalue weighted by molar-refractivity contribution is 5.89. The number of amides is 2. The lowest BCUT2D eigenvalue weighted by molar-refractivity contribution is 0.251. The molecule has 0 unspecified atom stereocenters. The smallest absolute Gasteiger partial charge is 0.319 e. The molecule has 2 rings (SSSR count). The van der Waals surface area contributed by atoms with Crippen LogP contribution in [0, 0.1) is 0 Å². The number of methoxy groups -OCH3 is 1. The summed E-state index contributed by atoms with van der Waals surface area (Å²) in [6.07, 6.45) is 0. The average Bonchev–Trinajstić information content (AvgIpc) is 2.54. The first-order valence-electron chi connectivity index (χ1n) is 7.12. The van der Waals surface area contributed by atoms with Gasteiger partial charge in [0.25, 0.3) is 0 Å². The Morgan fingerprint density at radius 2 is 1.95 bits per heavy atom. The van der Waals surface area contributed by atoms with Crippen molar-refractivity contribution in [2.75, 3.05) is 19.0 Å². The number of nitrogens with one attached hydrogen (secondary N) is 2. The zero-order valence-corrected chi connectivity index (χ0v) is 12.8. The molecule has 0 aromatic heterocycles. The first-order chi connectivity index (χ1) is 10.7. The van der Waals surface area contributed by atoms with Gasteiger partial charge in [0.1, 0.15) is 11.5 Å². The number of hydrogen-bond acceptors (Lipinski definition) is 3. The molecule has 0 atom stereocenters. The molecule has 0 aliphatic carbocycles. The molecular formula is C17H20N2O3. The molecule has 5 nitrogen and oxygen atoms in total. The third kappa shape index (κ3) is 4.41. The maximum atomic E-state index is 12.0. The third-order valence-electron chi connectivity index (χ3n) is 3.03. The minimum absolute atomic E-state index is 0.278. The summed E-state index contributed by atoms with van der Waals surface area (Å²) in [6, 6.07) is 14.6. The second kappa shape index (κ2) is 7.93. The van der Waals surface area contributed by atoms with E-state index in [-0.39, 0.29) is 6.03 Å². The van der Waals surface area contributed by atoms with E-state index < -0.39 is 0 Å². The second-order valence-electron chi connectivity index (χ2n) is 4.58. The average molecular weight is 300 g/mol. The number of carbonyl (C=O) groups excluding carboxylic acids is 1. The normalized spacial score (nSPS) is 9.91. The first kappa shape index (κ1) is 15.7. The third-order valence-corrected chi connectivity index (χ3v) is 3.03. The van der Waals surface area contributed by atoms with Crippen molar-refractivity contribution >= 4 is 11.7 Å². The van der Waals surface area contributed by atoms with Crippen molar-refractivity contribution in [2.45, 2.75) is 13.5 Å². The van der Waals surface area contributed by atoms with Gasteiger partial charge in [0.2, 0.25) is 0 Å². The molecule has 22 heavy (non-hydrogen) atoms. The molecule has 0 bridgehead atoms. The largest absolute Gasteiger partial charge is 0.496 e. The molecule has 0 aliphatic rings. The molecule has 2 N–H and O–H groups in total. The van der Waals surface area contributed by atoms with Crippen LogP contribution in [0.4, 0.5) is 10.5 Å². The van der Waals surface area contributed by atoms with Crippen LogP contribution in [0.5, 0.6) is 11.5 Å². The number of urea groups is 1. The van der Waals surface area contributed by atoms with Crippen LogP contribution >= 0.6 is 0 Å². The molecule has 2 aromatic carbocycles. The van der Waals surface area contributed by atoms with E-state index in [4.69, 9.17) is 9.47 Å². The summed E-state index contributed by atoms with van der Waals surface area (Å²) in [5.41, 5.74) is 1.60. The lowest BCUT2D eigenvalue weighted by Gasteiger charge is -2.11. The Labute approximate surface area is 130 Å². The molecular weight excluding hydrogens is 280 g/mol. The van der Waals surface area contributed by atoms with E-state index >= 15 is 0 Å². The fourth-order valence-electron chi connectivity index (χ4n) is 2.03. The van der Waals surface area contributed by atoms with Crippen molar-refractivity contribution in [3.8, 4) is 11.5 Å². The van der Waals surface area contributed by atoms with Crippen LogP contribution in [0.25, 0.3) is 0 Å². The van der Waals surface area contributed by atoms with Crippen LogP contribution in [0.3, 0.4) is 0 Å². The van der Waals surface area contributed by atoms with Crippen LogP contribution in [-0.4, -0.2) is 19.7 Å². The minimum Gasteiger partial charge on any atom is -0.496 e. The zero-order valence-electron chi connectivity index (χ0n) is 12.8. The molecule has 0 fully saturated rings. The Morgan fingerprint density at radius 3 is 2.73 bits per heavy atom. The maximum Gasteiger partial charge on any atom is 0.319 e. The van der Waals surface area contributed by atoms with Crippen molar-refractivity contribution in [3.05, 3.63) is 54.1 Å². The summed E-state index contributed by atoms with van der Waals surface area (Å²) in [5.74, 6) is 1.48. The quantitative estimate of drug-likeness (QED) is 0.859. The van der Waals surface area contributed by atoms with Gasteiger partial charge in [-0.3, -0.25) is 0 Å². The molecule has 0 saturated heterocycles. The van der Waals surface area contributed by atoms with Crippen molar-refractivity contribution in [2.24, 2.45) is 0 Å². The van der Waals surface area contributed by atoms with E-state index in [9.17, 15) is 4.79 Å². The molecule has 0 heterocycles. The monoisotopic (exact) mass is 300 g/mol. The number of ether oxygens (including phenoxy) is 2. The predicted molar refractivity (Wildman–Crippen MR) is 86.5 cm³/mol. The molecule has 0 spiro atoms. The van der Waals surface area contributed by atoms with Gasteiger partial charge in [0.05, 0.1) is 13.7 Å². The summed E-state index contributed by atoms with van der Waals surface area (Å²) in [7, 11) is 1.61. The van der Waals surface area contributed by atoms with Crippen molar-refractivity contribution in [1.29, 1.82) is 0 Å². The standard InChI is InChI=1S/C17H20N2O3/c1-3-22-15-9-6-8-14(11-15)19-17(20)18-12-13-7-4-5-10-16(13)21-2/h4-11H,3,12H2,1-2H3,(H2,18,19,20). The number of hydrogen-bond donors (Lipinski definition) is 2. The van der Waals surface area contributed by atoms with Crippen molar-refractivity contribution in [1.82, 2.24) is 5.32 Å². The minimum atomic E-state index is -0.278. The molecule has 5 heteroatoms. The number of para-hydroxylation sites is 1. The Hall–Kier alpha value is -2.69. The van der Waals surface area contributed by atoms with Gasteiger partial charge in [-0.25, -0.2) is 4.79 Å². The highest BCUT2D eigenvalue weighted by Crippen LogP contribution is 2.18. The highest BCUT2D eigenvalue weighted by Gasteiger charge is 2.05. The van der Waals surface area contributed by atoms with E-state index in [0.29, 0.717) is 18.8 Å². The fraction of sp³-hybridized carbons (Fsp3) is 0.235. The summed E-state index contributed by atoms with van der Waals surface area (Å²) >= 11 is 0. The van der Waals surface area contributed by atoms with Crippen LogP contribution in [0.2, 0.25) is 0 Å². The topological polar surface area (TPSA) is 59.6 Å². The number of rotatable bonds is 6. The maximum absolute atomic E-state index is 12.0. The number of anilines is 1. The van der Waals surface area contributed by atoms with Crippen molar-refractivity contribution in [3.63, 3.8) is 0 Å². The van der Waals surface area contributed by atoms with E-state index in [1.165, 1.54) is 0 Å². The van der Waals surface area contributed by atoms with Crippen LogP contribution in [0.15, 0.2) is 48.5 Å². The molecule has 2 aromatic rings. The highest BCUT2D eigenvalue weighted by atomic mass is 16.5. The lowest BCUT2D eigenvalue weighted by Crippen LogP contribution is -2.28. The Bertz CT molecular complexity index is 629. The Morgan fingerprint density at radius 1 is 1.14 bits per heavy atom. The number of carbonyl (C=O) groups is 1. The zero-order chi connectivity index (χ0) is 15.8. The van der Waals surface area contributed by atoms with Gasteiger partial charge in [-0.05, 0) is 25.1 Å².